The average Bonchev–Trinajstić information content (AvgIpc) is 2.94. The van der Waals surface area contributed by atoms with E-state index in [-0.39, 0.29) is 0 Å². The summed E-state index contributed by atoms with van der Waals surface area (Å²) < 4.78 is 0. The Bertz CT molecular complexity index is 618. The van der Waals surface area contributed by atoms with E-state index < -0.39 is 11.9 Å². The Hall–Kier alpha value is -1.27. The molecule has 0 fully saturated rings. The van der Waals surface area contributed by atoms with Crippen molar-refractivity contribution in [3.8, 4) is 0 Å². The largest absolute Gasteiger partial charge is 0.481 e. The molecule has 0 amide bonds. The van der Waals surface area contributed by atoms with Crippen LogP contribution >= 0.6 is 22.7 Å². The lowest BCUT2D eigenvalue weighted by molar-refractivity contribution is -0.139. The number of hydrogen-bond donors (Lipinski definition) is 1. The molecule has 0 aliphatic heterocycles. The number of hydrogen-bond acceptors (Lipinski definition) is 5. The molecule has 19 heavy (non-hydrogen) atoms. The lowest BCUT2D eigenvalue weighted by Crippen LogP contribution is -2.17. The van der Waals surface area contributed by atoms with Crippen molar-refractivity contribution >= 4 is 28.6 Å². The fourth-order valence-electron chi connectivity index (χ4n) is 2.43. The van der Waals surface area contributed by atoms with Crippen LogP contribution in [0.3, 0.4) is 0 Å². The van der Waals surface area contributed by atoms with Gasteiger partial charge in [0.2, 0.25) is 0 Å². The summed E-state index contributed by atoms with van der Waals surface area (Å²) in [6.45, 7) is 1.99. The molecule has 0 saturated heterocycles. The van der Waals surface area contributed by atoms with Gasteiger partial charge in [-0.1, -0.05) is 0 Å². The molecule has 1 aliphatic rings. The lowest BCUT2D eigenvalue weighted by atomic mass is 9.91. The molecule has 3 rings (SSSR count). The van der Waals surface area contributed by atoms with Gasteiger partial charge in [-0.25, -0.2) is 9.97 Å². The lowest BCUT2D eigenvalue weighted by Gasteiger charge is -2.16. The average molecular weight is 294 g/mol. The predicted octanol–water partition coefficient (Wildman–Crippen LogP) is 3.00. The van der Waals surface area contributed by atoms with Gasteiger partial charge in [-0.15, -0.1) is 22.7 Å². The van der Waals surface area contributed by atoms with Crippen LogP contribution in [0.15, 0.2) is 5.38 Å². The summed E-state index contributed by atoms with van der Waals surface area (Å²) in [5.41, 5.74) is 1.83. The Morgan fingerprint density at radius 3 is 3.05 bits per heavy atom. The summed E-state index contributed by atoms with van der Waals surface area (Å²) in [5.74, 6) is -1.16. The van der Waals surface area contributed by atoms with Gasteiger partial charge in [-0.2, -0.15) is 0 Å². The van der Waals surface area contributed by atoms with Crippen LogP contribution in [0.5, 0.6) is 0 Å². The van der Waals surface area contributed by atoms with E-state index in [1.165, 1.54) is 0 Å². The van der Waals surface area contributed by atoms with E-state index in [1.807, 2.05) is 12.3 Å². The zero-order valence-corrected chi connectivity index (χ0v) is 12.2. The number of aryl methyl sites for hydroxylation is 2. The minimum absolute atomic E-state index is 0.411. The molecule has 0 saturated carbocycles. The molecule has 1 N–H and O–H groups in total. The van der Waals surface area contributed by atoms with E-state index in [0.717, 1.165) is 39.1 Å². The third-order valence-corrected chi connectivity index (χ3v) is 5.25. The van der Waals surface area contributed by atoms with Crippen LogP contribution in [0.4, 0.5) is 0 Å². The second-order valence-corrected chi connectivity index (χ2v) is 6.96. The van der Waals surface area contributed by atoms with Gasteiger partial charge in [0.25, 0.3) is 0 Å². The number of aliphatic carboxylic acids is 1. The quantitative estimate of drug-likeness (QED) is 0.945. The van der Waals surface area contributed by atoms with E-state index in [0.29, 0.717) is 12.8 Å². The van der Waals surface area contributed by atoms with Crippen LogP contribution < -0.4 is 0 Å². The third kappa shape index (κ3) is 2.55. The second-order valence-electron chi connectivity index (χ2n) is 4.73. The van der Waals surface area contributed by atoms with Crippen molar-refractivity contribution in [2.24, 2.45) is 0 Å². The van der Waals surface area contributed by atoms with Gasteiger partial charge in [0.15, 0.2) is 0 Å². The SMILES string of the molecule is Cc1nc(Cc2nc3c(s2)CCCC3C(=O)O)cs1. The van der Waals surface area contributed by atoms with Gasteiger partial charge < -0.3 is 5.11 Å². The molecule has 4 nitrogen and oxygen atoms in total. The number of carbonyl (C=O) groups is 1. The normalized spacial score (nSPS) is 18.3. The number of fused-ring (bicyclic) bond motifs is 1. The van der Waals surface area contributed by atoms with Crippen LogP contribution in [0.2, 0.25) is 0 Å². The molecule has 0 bridgehead atoms. The summed E-state index contributed by atoms with van der Waals surface area (Å²) in [6, 6.07) is 0. The highest BCUT2D eigenvalue weighted by Crippen LogP contribution is 2.35. The van der Waals surface area contributed by atoms with Crippen LogP contribution in [-0.2, 0) is 17.6 Å². The highest BCUT2D eigenvalue weighted by Gasteiger charge is 2.29. The Balaban J connectivity index is 1.87. The van der Waals surface area contributed by atoms with Crippen molar-refractivity contribution in [2.45, 2.75) is 38.5 Å². The van der Waals surface area contributed by atoms with Gasteiger partial charge in [-0.05, 0) is 26.2 Å². The first-order valence-electron chi connectivity index (χ1n) is 6.26. The molecule has 1 aliphatic carbocycles. The van der Waals surface area contributed by atoms with E-state index in [4.69, 9.17) is 0 Å². The summed E-state index contributed by atoms with van der Waals surface area (Å²) in [4.78, 5) is 21.4. The summed E-state index contributed by atoms with van der Waals surface area (Å²) in [6.07, 6.45) is 3.34. The topological polar surface area (TPSA) is 63.1 Å². The number of rotatable bonds is 3. The van der Waals surface area contributed by atoms with E-state index in [1.54, 1.807) is 22.7 Å². The molecule has 1 atom stereocenters. The van der Waals surface area contributed by atoms with Crippen LogP contribution in [0.1, 0.15) is 45.0 Å². The Labute approximate surface area is 119 Å². The molecule has 2 aromatic heterocycles. The number of thiazole rings is 2. The van der Waals surface area contributed by atoms with Crippen molar-refractivity contribution in [2.75, 3.05) is 0 Å². The summed E-state index contributed by atoms with van der Waals surface area (Å²) in [7, 11) is 0. The molecular formula is C13H14N2O2S2. The Morgan fingerprint density at radius 2 is 2.37 bits per heavy atom. The number of aromatic nitrogens is 2. The standard InChI is InChI=1S/C13H14N2O2S2/c1-7-14-8(6-18-7)5-11-15-12-9(13(16)17)3-2-4-10(12)19-11/h6,9H,2-5H2,1H3,(H,16,17). The second kappa shape index (κ2) is 5.02. The summed E-state index contributed by atoms with van der Waals surface area (Å²) in [5, 5.41) is 13.3. The van der Waals surface area contributed by atoms with Crippen molar-refractivity contribution in [1.82, 2.24) is 9.97 Å². The molecule has 0 radical (unpaired) electrons. The number of carboxylic acids is 1. The van der Waals surface area contributed by atoms with Crippen LogP contribution in [0.25, 0.3) is 0 Å². The maximum absolute atomic E-state index is 11.2. The van der Waals surface area contributed by atoms with Crippen molar-refractivity contribution in [3.63, 3.8) is 0 Å². The van der Waals surface area contributed by atoms with Crippen molar-refractivity contribution in [3.05, 3.63) is 31.7 Å². The molecule has 6 heteroatoms. The minimum Gasteiger partial charge on any atom is -0.481 e. The van der Waals surface area contributed by atoms with E-state index in [2.05, 4.69) is 9.97 Å². The molecule has 0 aromatic carbocycles. The van der Waals surface area contributed by atoms with Crippen LogP contribution in [0, 0.1) is 6.92 Å². The highest BCUT2D eigenvalue weighted by atomic mass is 32.1. The maximum atomic E-state index is 11.2. The van der Waals surface area contributed by atoms with Crippen molar-refractivity contribution < 1.29 is 9.90 Å². The number of carboxylic acid groups (broad SMARTS) is 1. The summed E-state index contributed by atoms with van der Waals surface area (Å²) >= 11 is 3.29. The Kier molecular flexibility index (Phi) is 3.36. The molecule has 2 aromatic rings. The van der Waals surface area contributed by atoms with Crippen LogP contribution in [-0.4, -0.2) is 21.0 Å². The van der Waals surface area contributed by atoms with E-state index >= 15 is 0 Å². The first-order chi connectivity index (χ1) is 9.13. The molecule has 2 heterocycles. The monoisotopic (exact) mass is 294 g/mol. The molecule has 1 unspecified atom stereocenters. The first-order valence-corrected chi connectivity index (χ1v) is 7.95. The minimum atomic E-state index is -0.748. The maximum Gasteiger partial charge on any atom is 0.312 e. The zero-order valence-electron chi connectivity index (χ0n) is 10.5. The smallest absolute Gasteiger partial charge is 0.312 e. The number of nitrogens with zero attached hydrogens (tertiary/aromatic N) is 2. The van der Waals surface area contributed by atoms with Gasteiger partial charge in [0.1, 0.15) is 0 Å². The fraction of sp³-hybridized carbons (Fsp3) is 0.462. The molecule has 100 valence electrons. The highest BCUT2D eigenvalue weighted by molar-refractivity contribution is 7.12. The van der Waals surface area contributed by atoms with Gasteiger partial charge >= 0.3 is 5.97 Å². The third-order valence-electron chi connectivity index (χ3n) is 3.30. The van der Waals surface area contributed by atoms with E-state index in [9.17, 15) is 9.90 Å². The van der Waals surface area contributed by atoms with Crippen molar-refractivity contribution in [1.29, 1.82) is 0 Å². The zero-order chi connectivity index (χ0) is 13.4. The fourth-order valence-corrected chi connectivity index (χ4v) is 4.23. The molecule has 0 spiro atoms. The first kappa shape index (κ1) is 12.7. The predicted molar refractivity (Wildman–Crippen MR) is 75.1 cm³/mol. The van der Waals surface area contributed by atoms with Gasteiger partial charge in [0.05, 0.1) is 27.3 Å². The van der Waals surface area contributed by atoms with Gasteiger partial charge in [0, 0.05) is 16.7 Å². The molecular weight excluding hydrogens is 280 g/mol. The van der Waals surface area contributed by atoms with Gasteiger partial charge in [-0.3, -0.25) is 4.79 Å². The Morgan fingerprint density at radius 1 is 1.53 bits per heavy atom.